The van der Waals surface area contributed by atoms with Crippen molar-refractivity contribution < 1.29 is 42.0 Å². The summed E-state index contributed by atoms with van der Waals surface area (Å²) in [6.45, 7) is 3.21. The van der Waals surface area contributed by atoms with E-state index in [2.05, 4.69) is 9.98 Å². The van der Waals surface area contributed by atoms with E-state index in [9.17, 15) is 10.1 Å². The number of amidine groups is 1. The van der Waals surface area contributed by atoms with E-state index in [-0.39, 0.29) is 55.5 Å². The van der Waals surface area contributed by atoms with Gasteiger partial charge < -0.3 is 33.3 Å². The molecule has 0 spiro atoms. The van der Waals surface area contributed by atoms with Crippen LogP contribution in [-0.4, -0.2) is 60.1 Å². The first-order valence-electron chi connectivity index (χ1n) is 18.1. The maximum atomic E-state index is 16.7. The van der Waals surface area contributed by atoms with Crippen molar-refractivity contribution in [1.82, 2.24) is 9.88 Å². The monoisotopic (exact) mass is 760 g/mol. The molecule has 5 aromatic rings. The largest absolute Gasteiger partial charge is 0.485 e. The lowest BCUT2D eigenvalue weighted by Gasteiger charge is -2.45. The summed E-state index contributed by atoms with van der Waals surface area (Å²) < 4.78 is 68.9. The van der Waals surface area contributed by atoms with Gasteiger partial charge >= 0.3 is 5.97 Å². The molecule has 1 fully saturated rings. The number of pyridine rings is 1. The van der Waals surface area contributed by atoms with Crippen molar-refractivity contribution >= 4 is 11.8 Å². The molecular formula is C43H38F2N4O7. The molecule has 7 rings (SSSR count). The van der Waals surface area contributed by atoms with Gasteiger partial charge in [0.1, 0.15) is 24.3 Å². The average molecular weight is 761 g/mol. The molecule has 0 radical (unpaired) electrons. The second kappa shape index (κ2) is 16.9. The Morgan fingerprint density at radius 2 is 1.61 bits per heavy atom. The van der Waals surface area contributed by atoms with Crippen LogP contribution in [0.15, 0.2) is 108 Å². The summed E-state index contributed by atoms with van der Waals surface area (Å²) in [5.74, 6) is -4.66. The number of aliphatic imine (C=N–C) groups is 1. The summed E-state index contributed by atoms with van der Waals surface area (Å²) in [7, 11) is 1.91. The first-order valence-corrected chi connectivity index (χ1v) is 18.1. The van der Waals surface area contributed by atoms with Crippen LogP contribution in [0, 0.1) is 23.0 Å². The number of nitrogens with zero attached hydrogens (tertiary/aromatic N) is 4. The number of carbonyl (C=O) groups is 1. The number of esters is 1. The number of benzene rings is 4. The molecular weight excluding hydrogens is 722 g/mol. The SMILES string of the molecule is CCOC(=O)C1(OCc2ccccc2)CCC1Oc1c(F)c(Oc2cccc(C3=NCCN3C)c2)nc(Oc2cc(C#N)ccc2OCc2ccccc2)c1F. The van der Waals surface area contributed by atoms with Crippen LogP contribution in [0.1, 0.15) is 42.0 Å². The fraction of sp³-hybridized carbons (Fsp3) is 0.256. The third kappa shape index (κ3) is 8.11. The van der Waals surface area contributed by atoms with Gasteiger partial charge in [0.25, 0.3) is 11.8 Å². The molecule has 4 aromatic carbocycles. The molecule has 56 heavy (non-hydrogen) atoms. The lowest BCUT2D eigenvalue weighted by atomic mass is 9.76. The zero-order valence-electron chi connectivity index (χ0n) is 30.7. The Hall–Kier alpha value is -6.52. The Morgan fingerprint density at radius 3 is 2.25 bits per heavy atom. The topological polar surface area (TPSA) is 125 Å². The summed E-state index contributed by atoms with van der Waals surface area (Å²) in [6, 6.07) is 31.7. The highest BCUT2D eigenvalue weighted by Crippen LogP contribution is 2.45. The number of halogens is 2. The molecule has 0 N–H and O–H groups in total. The smallest absolute Gasteiger partial charge is 0.342 e. The summed E-state index contributed by atoms with van der Waals surface area (Å²) in [4.78, 5) is 24.1. The zero-order chi connectivity index (χ0) is 39.1. The number of hydrogen-bond donors (Lipinski definition) is 0. The van der Waals surface area contributed by atoms with E-state index in [0.29, 0.717) is 6.54 Å². The molecule has 1 aliphatic carbocycles. The highest BCUT2D eigenvalue weighted by molar-refractivity contribution is 5.99. The lowest BCUT2D eigenvalue weighted by Crippen LogP contribution is -2.62. The highest BCUT2D eigenvalue weighted by Gasteiger charge is 2.58. The van der Waals surface area contributed by atoms with Gasteiger partial charge in [-0.1, -0.05) is 72.8 Å². The number of nitriles is 1. The normalized spacial score (nSPS) is 17.3. The van der Waals surface area contributed by atoms with E-state index < -0.39 is 46.8 Å². The molecule has 2 atom stereocenters. The Bertz CT molecular complexity index is 2270. The second-order valence-electron chi connectivity index (χ2n) is 13.1. The first-order chi connectivity index (χ1) is 27.3. The second-order valence-corrected chi connectivity index (χ2v) is 13.1. The van der Waals surface area contributed by atoms with Crippen molar-refractivity contribution in [2.24, 2.45) is 4.99 Å². The molecule has 0 amide bonds. The van der Waals surface area contributed by atoms with Gasteiger partial charge in [0, 0.05) is 25.2 Å². The maximum absolute atomic E-state index is 16.7. The minimum absolute atomic E-state index is 0.0152. The third-order valence-electron chi connectivity index (χ3n) is 9.38. The Kier molecular flexibility index (Phi) is 11.4. The molecule has 11 nitrogen and oxygen atoms in total. The molecule has 2 heterocycles. The maximum Gasteiger partial charge on any atom is 0.342 e. The number of aromatic nitrogens is 1. The van der Waals surface area contributed by atoms with Crippen molar-refractivity contribution in [3.05, 3.63) is 137 Å². The summed E-state index contributed by atoms with van der Waals surface area (Å²) in [6.07, 6.45) is -0.776. The molecule has 0 saturated heterocycles. The van der Waals surface area contributed by atoms with Gasteiger partial charge in [0.2, 0.25) is 23.0 Å². The van der Waals surface area contributed by atoms with Gasteiger partial charge in [-0.25, -0.2) is 4.79 Å². The minimum Gasteiger partial charge on any atom is -0.485 e. The molecule has 1 saturated carbocycles. The Labute approximate surface area is 322 Å². The molecule has 13 heteroatoms. The van der Waals surface area contributed by atoms with Crippen molar-refractivity contribution in [3.8, 4) is 40.8 Å². The van der Waals surface area contributed by atoms with Crippen LogP contribution >= 0.6 is 0 Å². The van der Waals surface area contributed by atoms with Crippen LogP contribution in [0.2, 0.25) is 0 Å². The van der Waals surface area contributed by atoms with Crippen LogP contribution in [0.4, 0.5) is 8.78 Å². The number of hydrogen-bond acceptors (Lipinski definition) is 11. The van der Waals surface area contributed by atoms with Gasteiger partial charge in [-0.3, -0.25) is 4.99 Å². The molecule has 286 valence electrons. The molecule has 1 aromatic heterocycles. The van der Waals surface area contributed by atoms with E-state index >= 15 is 8.78 Å². The lowest BCUT2D eigenvalue weighted by molar-refractivity contribution is -0.213. The van der Waals surface area contributed by atoms with E-state index in [4.69, 9.17) is 28.4 Å². The van der Waals surface area contributed by atoms with Crippen LogP contribution in [0.5, 0.6) is 34.8 Å². The van der Waals surface area contributed by atoms with Crippen molar-refractivity contribution in [2.45, 2.75) is 44.7 Å². The molecule has 0 bridgehead atoms. The van der Waals surface area contributed by atoms with Gasteiger partial charge in [-0.05, 0) is 55.2 Å². The van der Waals surface area contributed by atoms with E-state index in [0.717, 1.165) is 29.1 Å². The molecule has 2 unspecified atom stereocenters. The fourth-order valence-corrected chi connectivity index (χ4v) is 6.31. The predicted octanol–water partition coefficient (Wildman–Crippen LogP) is 8.15. The standard InChI is InChI=1S/C43H38F2N4O7/c1-3-51-42(50)43(53-27-29-13-8-5-9-14-29)20-19-35(43)56-38-36(44)40(54-32-16-10-15-31(24-32)39-47-21-22-49(39)2)48-41(37(38)45)55-34-23-30(25-46)17-18-33(34)52-26-28-11-6-4-7-12-28/h4-18,23-24,35H,3,19-22,26-27H2,1-2H3. The highest BCUT2D eigenvalue weighted by atomic mass is 19.1. The van der Waals surface area contributed by atoms with E-state index in [1.165, 1.54) is 18.2 Å². The number of likely N-dealkylation sites (N-methyl/N-ethyl adjacent to an activating group) is 1. The average Bonchev–Trinajstić information content (AvgIpc) is 3.65. The van der Waals surface area contributed by atoms with Crippen molar-refractivity contribution in [2.75, 3.05) is 26.7 Å². The Morgan fingerprint density at radius 1 is 0.893 bits per heavy atom. The summed E-state index contributed by atoms with van der Waals surface area (Å²) in [5.41, 5.74) is 0.852. The van der Waals surface area contributed by atoms with Gasteiger partial charge in [0.15, 0.2) is 11.5 Å². The fourth-order valence-electron chi connectivity index (χ4n) is 6.31. The summed E-state index contributed by atoms with van der Waals surface area (Å²) >= 11 is 0. The molecule has 1 aliphatic heterocycles. The van der Waals surface area contributed by atoms with Crippen molar-refractivity contribution in [1.29, 1.82) is 5.26 Å². The van der Waals surface area contributed by atoms with Gasteiger partial charge in [-0.15, -0.1) is 0 Å². The molecule has 2 aliphatic rings. The summed E-state index contributed by atoms with van der Waals surface area (Å²) in [5, 5.41) is 9.68. The predicted molar refractivity (Wildman–Crippen MR) is 201 cm³/mol. The van der Waals surface area contributed by atoms with Gasteiger partial charge in [-0.2, -0.15) is 19.0 Å². The van der Waals surface area contributed by atoms with Crippen LogP contribution < -0.4 is 18.9 Å². The number of carbonyl (C=O) groups excluding carboxylic acids is 1. The minimum atomic E-state index is -1.67. The van der Waals surface area contributed by atoms with Crippen LogP contribution in [0.3, 0.4) is 0 Å². The Balaban J connectivity index is 1.26. The zero-order valence-corrected chi connectivity index (χ0v) is 30.7. The number of rotatable bonds is 15. The first kappa shape index (κ1) is 37.8. The third-order valence-corrected chi connectivity index (χ3v) is 9.38. The van der Waals surface area contributed by atoms with Crippen LogP contribution in [0.25, 0.3) is 0 Å². The quantitative estimate of drug-likeness (QED) is 0.0966. The van der Waals surface area contributed by atoms with E-state index in [1.54, 1.807) is 25.1 Å². The van der Waals surface area contributed by atoms with Crippen LogP contribution in [-0.2, 0) is 27.5 Å². The van der Waals surface area contributed by atoms with Gasteiger partial charge in [0.05, 0.1) is 31.4 Å². The van der Waals surface area contributed by atoms with E-state index in [1.807, 2.05) is 84.7 Å². The van der Waals surface area contributed by atoms with Crippen molar-refractivity contribution in [3.63, 3.8) is 0 Å². The number of ether oxygens (including phenoxy) is 6.